The monoisotopic (exact) mass is 450 g/mol. The molecule has 0 aliphatic rings. The molecule has 0 spiro atoms. The quantitative estimate of drug-likeness (QED) is 0.354. The van der Waals surface area contributed by atoms with Crippen LogP contribution >= 0.6 is 27.7 Å². The van der Waals surface area contributed by atoms with Crippen molar-refractivity contribution < 1.29 is 0 Å². The lowest BCUT2D eigenvalue weighted by Crippen LogP contribution is -2.08. The number of para-hydroxylation sites is 2. The number of hydrogen-bond donors (Lipinski definition) is 1. The summed E-state index contributed by atoms with van der Waals surface area (Å²) in [7, 11) is 0. The summed E-state index contributed by atoms with van der Waals surface area (Å²) in [5.74, 6) is 1.71. The smallest absolute Gasteiger partial charge is 0.196 e. The Bertz CT molecular complexity index is 1030. The Morgan fingerprint density at radius 3 is 2.36 bits per heavy atom. The molecule has 0 saturated heterocycles. The van der Waals surface area contributed by atoms with Crippen molar-refractivity contribution in [3.05, 3.63) is 101 Å². The second kappa shape index (κ2) is 9.08. The van der Waals surface area contributed by atoms with E-state index in [2.05, 4.69) is 66.3 Å². The Morgan fingerprint density at radius 2 is 1.61 bits per heavy atom. The van der Waals surface area contributed by atoms with Gasteiger partial charge in [-0.15, -0.1) is 10.2 Å². The summed E-state index contributed by atoms with van der Waals surface area (Å²) in [6.45, 7) is 0.601. The molecule has 4 rings (SSSR count). The van der Waals surface area contributed by atoms with Crippen molar-refractivity contribution in [2.45, 2.75) is 17.5 Å². The maximum atomic E-state index is 4.47. The third kappa shape index (κ3) is 4.64. The maximum absolute atomic E-state index is 4.47. The van der Waals surface area contributed by atoms with Gasteiger partial charge in [-0.2, -0.15) is 0 Å². The molecule has 0 aliphatic heterocycles. The van der Waals surface area contributed by atoms with Crippen molar-refractivity contribution in [1.82, 2.24) is 14.8 Å². The number of anilines is 1. The molecule has 1 heterocycles. The highest BCUT2D eigenvalue weighted by Gasteiger charge is 2.14. The molecule has 0 atom stereocenters. The molecule has 28 heavy (non-hydrogen) atoms. The third-order valence-corrected chi connectivity index (χ3v) is 5.69. The zero-order valence-electron chi connectivity index (χ0n) is 15.1. The Labute approximate surface area is 177 Å². The highest BCUT2D eigenvalue weighted by Crippen LogP contribution is 2.26. The molecule has 0 bridgehead atoms. The summed E-state index contributed by atoms with van der Waals surface area (Å²) in [4.78, 5) is 0. The van der Waals surface area contributed by atoms with E-state index in [0.717, 1.165) is 32.6 Å². The molecule has 4 aromatic rings. The highest BCUT2D eigenvalue weighted by atomic mass is 79.9. The lowest BCUT2D eigenvalue weighted by atomic mass is 10.2. The molecule has 0 aliphatic carbocycles. The summed E-state index contributed by atoms with van der Waals surface area (Å²) in [6, 6.07) is 28.7. The molecule has 6 heteroatoms. The largest absolute Gasteiger partial charge is 0.378 e. The Kier molecular flexibility index (Phi) is 6.09. The molecule has 0 amide bonds. The zero-order valence-corrected chi connectivity index (χ0v) is 17.5. The van der Waals surface area contributed by atoms with Crippen molar-refractivity contribution in [3.63, 3.8) is 0 Å². The molecular formula is C22H19BrN4S. The standard InChI is InChI=1S/C22H19BrN4S/c23-18-9-7-8-17(14-18)16-28-22-26-25-21(15-24-19-10-3-1-4-11-19)27(22)20-12-5-2-6-13-20/h1-14,24H,15-16H2. The molecular weight excluding hydrogens is 432 g/mol. The molecule has 0 fully saturated rings. The second-order valence-electron chi connectivity index (χ2n) is 6.21. The van der Waals surface area contributed by atoms with E-state index in [1.807, 2.05) is 54.6 Å². The molecule has 0 unspecified atom stereocenters. The van der Waals surface area contributed by atoms with Gasteiger partial charge in [0, 0.05) is 21.6 Å². The predicted octanol–water partition coefficient (Wildman–Crippen LogP) is 5.93. The Balaban J connectivity index is 1.58. The summed E-state index contributed by atoms with van der Waals surface area (Å²) < 4.78 is 3.21. The van der Waals surface area contributed by atoms with E-state index in [1.165, 1.54) is 5.56 Å². The average Bonchev–Trinajstić information content (AvgIpc) is 3.15. The van der Waals surface area contributed by atoms with Gasteiger partial charge in [-0.05, 0) is 42.0 Å². The number of benzene rings is 3. The van der Waals surface area contributed by atoms with Crippen molar-refractivity contribution in [2.24, 2.45) is 0 Å². The number of thioether (sulfide) groups is 1. The fourth-order valence-corrected chi connectivity index (χ4v) is 4.22. The van der Waals surface area contributed by atoms with Gasteiger partial charge in [0.2, 0.25) is 0 Å². The molecule has 1 aromatic heterocycles. The van der Waals surface area contributed by atoms with Gasteiger partial charge in [-0.25, -0.2) is 0 Å². The van der Waals surface area contributed by atoms with E-state index in [4.69, 9.17) is 0 Å². The van der Waals surface area contributed by atoms with Crippen LogP contribution < -0.4 is 5.32 Å². The first kappa shape index (κ1) is 18.8. The van der Waals surface area contributed by atoms with Crippen LogP contribution in [0.15, 0.2) is 94.6 Å². The van der Waals surface area contributed by atoms with E-state index in [9.17, 15) is 0 Å². The van der Waals surface area contributed by atoms with Gasteiger partial charge in [-0.1, -0.05) is 76.2 Å². The molecule has 0 radical (unpaired) electrons. The number of nitrogens with one attached hydrogen (secondary N) is 1. The topological polar surface area (TPSA) is 42.7 Å². The minimum absolute atomic E-state index is 0.601. The number of aromatic nitrogens is 3. The lowest BCUT2D eigenvalue weighted by molar-refractivity contribution is 0.841. The summed E-state index contributed by atoms with van der Waals surface area (Å²) in [6.07, 6.45) is 0. The van der Waals surface area contributed by atoms with Crippen LogP contribution in [0.4, 0.5) is 5.69 Å². The fraction of sp³-hybridized carbons (Fsp3) is 0.0909. The van der Waals surface area contributed by atoms with Crippen LogP contribution in [0.25, 0.3) is 5.69 Å². The van der Waals surface area contributed by atoms with Gasteiger partial charge in [0.1, 0.15) is 0 Å². The average molecular weight is 451 g/mol. The first-order chi connectivity index (χ1) is 13.8. The van der Waals surface area contributed by atoms with Crippen LogP contribution in [0.2, 0.25) is 0 Å². The van der Waals surface area contributed by atoms with Gasteiger partial charge in [0.15, 0.2) is 11.0 Å². The minimum atomic E-state index is 0.601. The first-order valence-corrected chi connectivity index (χ1v) is 10.7. The normalized spacial score (nSPS) is 10.8. The maximum Gasteiger partial charge on any atom is 0.196 e. The van der Waals surface area contributed by atoms with Crippen molar-refractivity contribution >= 4 is 33.4 Å². The third-order valence-electron chi connectivity index (χ3n) is 4.20. The second-order valence-corrected chi connectivity index (χ2v) is 8.07. The van der Waals surface area contributed by atoms with Crippen LogP contribution in [0.5, 0.6) is 0 Å². The van der Waals surface area contributed by atoms with E-state index < -0.39 is 0 Å². The first-order valence-electron chi connectivity index (χ1n) is 8.95. The fourth-order valence-electron chi connectivity index (χ4n) is 2.86. The van der Waals surface area contributed by atoms with Gasteiger partial charge in [0.25, 0.3) is 0 Å². The van der Waals surface area contributed by atoms with Crippen molar-refractivity contribution in [3.8, 4) is 5.69 Å². The van der Waals surface area contributed by atoms with Gasteiger partial charge in [-0.3, -0.25) is 4.57 Å². The van der Waals surface area contributed by atoms with Crippen molar-refractivity contribution in [1.29, 1.82) is 0 Å². The highest BCUT2D eigenvalue weighted by molar-refractivity contribution is 9.10. The lowest BCUT2D eigenvalue weighted by Gasteiger charge is -2.11. The van der Waals surface area contributed by atoms with Gasteiger partial charge < -0.3 is 5.32 Å². The molecule has 0 saturated carbocycles. The number of halogens is 1. The summed E-state index contributed by atoms with van der Waals surface area (Å²) in [5.41, 5.74) is 3.37. The van der Waals surface area contributed by atoms with Crippen LogP contribution in [0.1, 0.15) is 11.4 Å². The summed E-state index contributed by atoms with van der Waals surface area (Å²) in [5, 5.41) is 13.2. The zero-order chi connectivity index (χ0) is 19.2. The van der Waals surface area contributed by atoms with E-state index in [0.29, 0.717) is 6.54 Å². The number of nitrogens with zero attached hydrogens (tertiary/aromatic N) is 3. The minimum Gasteiger partial charge on any atom is -0.378 e. The Morgan fingerprint density at radius 1 is 0.857 bits per heavy atom. The predicted molar refractivity (Wildman–Crippen MR) is 119 cm³/mol. The van der Waals surface area contributed by atoms with Crippen LogP contribution in [0, 0.1) is 0 Å². The van der Waals surface area contributed by atoms with Gasteiger partial charge >= 0.3 is 0 Å². The number of rotatable bonds is 7. The van der Waals surface area contributed by atoms with Gasteiger partial charge in [0.05, 0.1) is 6.54 Å². The van der Waals surface area contributed by atoms with Crippen LogP contribution in [-0.2, 0) is 12.3 Å². The Hall–Kier alpha value is -2.57. The molecule has 3 aromatic carbocycles. The van der Waals surface area contributed by atoms with Crippen LogP contribution in [0.3, 0.4) is 0 Å². The SMILES string of the molecule is Brc1cccc(CSc2nnc(CNc3ccccc3)n2-c2ccccc2)c1. The molecule has 1 N–H and O–H groups in total. The molecule has 4 nitrogen and oxygen atoms in total. The van der Waals surface area contributed by atoms with Crippen molar-refractivity contribution in [2.75, 3.05) is 5.32 Å². The van der Waals surface area contributed by atoms with Crippen LogP contribution in [-0.4, -0.2) is 14.8 Å². The van der Waals surface area contributed by atoms with E-state index >= 15 is 0 Å². The summed E-state index contributed by atoms with van der Waals surface area (Å²) >= 11 is 5.22. The van der Waals surface area contributed by atoms with E-state index in [-0.39, 0.29) is 0 Å². The number of hydrogen-bond acceptors (Lipinski definition) is 4. The van der Waals surface area contributed by atoms with E-state index in [1.54, 1.807) is 11.8 Å². The molecule has 140 valence electrons.